The lowest BCUT2D eigenvalue weighted by Gasteiger charge is -2.33. The number of ether oxygens (including phenoxy) is 1. The summed E-state index contributed by atoms with van der Waals surface area (Å²) in [7, 11) is 0. The third kappa shape index (κ3) is 6.00. The number of nitriles is 1. The molecule has 136 valence electrons. The minimum Gasteiger partial charge on any atom is -0.435 e. The maximum atomic E-state index is 12.4. The summed E-state index contributed by atoms with van der Waals surface area (Å²) in [5, 5.41) is 9.26. The summed E-state index contributed by atoms with van der Waals surface area (Å²) in [6.45, 7) is 2.89. The van der Waals surface area contributed by atoms with E-state index in [-0.39, 0.29) is 29.6 Å². The Labute approximate surface area is 151 Å². The maximum absolute atomic E-state index is 12.4. The number of nitrogens with zero attached hydrogens (tertiary/aromatic N) is 3. The molecule has 0 spiro atoms. The molecule has 1 fully saturated rings. The van der Waals surface area contributed by atoms with Crippen LogP contribution in [0.25, 0.3) is 6.08 Å². The van der Waals surface area contributed by atoms with Gasteiger partial charge in [-0.1, -0.05) is 19.1 Å². The molecular formula is C17H20ClF2N3O2. The van der Waals surface area contributed by atoms with Crippen LogP contribution in [0.1, 0.15) is 12.5 Å². The van der Waals surface area contributed by atoms with E-state index in [1.165, 1.54) is 30.3 Å². The zero-order chi connectivity index (χ0) is 17.5. The van der Waals surface area contributed by atoms with E-state index in [1.807, 2.05) is 6.07 Å². The molecule has 0 saturated carbocycles. The summed E-state index contributed by atoms with van der Waals surface area (Å²) in [6.07, 6.45) is 1.46. The Bertz CT molecular complexity index is 636. The molecule has 1 amide bonds. The number of hydrogen-bond donors (Lipinski definition) is 0. The largest absolute Gasteiger partial charge is 0.435 e. The maximum Gasteiger partial charge on any atom is 0.387 e. The van der Waals surface area contributed by atoms with Gasteiger partial charge in [-0.3, -0.25) is 4.79 Å². The van der Waals surface area contributed by atoms with Crippen LogP contribution in [-0.2, 0) is 4.79 Å². The summed E-state index contributed by atoms with van der Waals surface area (Å²) < 4.78 is 28.5. The van der Waals surface area contributed by atoms with Crippen LogP contribution in [0, 0.1) is 11.3 Å². The molecule has 0 aromatic heterocycles. The lowest BCUT2D eigenvalue weighted by Crippen LogP contribution is -2.48. The highest BCUT2D eigenvalue weighted by molar-refractivity contribution is 6.01. The number of likely N-dealkylation sites (N-methyl/N-ethyl adjacent to an activating group) is 1. The van der Waals surface area contributed by atoms with Crippen LogP contribution in [0.2, 0.25) is 0 Å². The topological polar surface area (TPSA) is 56.6 Å². The fourth-order valence-corrected chi connectivity index (χ4v) is 2.49. The van der Waals surface area contributed by atoms with Crippen molar-refractivity contribution in [1.82, 2.24) is 9.80 Å². The van der Waals surface area contributed by atoms with Crippen LogP contribution >= 0.6 is 12.4 Å². The van der Waals surface area contributed by atoms with E-state index in [1.54, 1.807) is 4.90 Å². The Morgan fingerprint density at radius 1 is 1.28 bits per heavy atom. The smallest absolute Gasteiger partial charge is 0.387 e. The second-order valence-corrected chi connectivity index (χ2v) is 5.34. The summed E-state index contributed by atoms with van der Waals surface area (Å²) >= 11 is 0. The summed E-state index contributed by atoms with van der Waals surface area (Å²) in [6, 6.07) is 7.72. The molecule has 1 aliphatic heterocycles. The number of alkyl halides is 2. The van der Waals surface area contributed by atoms with Crippen LogP contribution in [0.4, 0.5) is 8.78 Å². The van der Waals surface area contributed by atoms with E-state index in [4.69, 9.17) is 0 Å². The lowest BCUT2D eigenvalue weighted by atomic mass is 10.1. The number of amides is 1. The molecule has 0 bridgehead atoms. The van der Waals surface area contributed by atoms with Crippen molar-refractivity contribution in [3.05, 3.63) is 35.4 Å². The Hall–Kier alpha value is -2.17. The molecular weight excluding hydrogens is 352 g/mol. The molecule has 1 aromatic carbocycles. The lowest BCUT2D eigenvalue weighted by molar-refractivity contribution is -0.128. The van der Waals surface area contributed by atoms with E-state index >= 15 is 0 Å². The first-order valence-corrected chi connectivity index (χ1v) is 7.71. The number of piperazine rings is 1. The SMILES string of the molecule is CCN1CCN(C(=O)/C(C#N)=C/c2ccc(OC(F)F)cc2)CC1.Cl. The predicted octanol–water partition coefficient (Wildman–Crippen LogP) is 2.78. The van der Waals surface area contributed by atoms with Gasteiger partial charge in [0.2, 0.25) is 0 Å². The van der Waals surface area contributed by atoms with Gasteiger partial charge in [0.1, 0.15) is 17.4 Å². The number of hydrogen-bond acceptors (Lipinski definition) is 4. The van der Waals surface area contributed by atoms with E-state index in [0.717, 1.165) is 19.6 Å². The molecule has 5 nitrogen and oxygen atoms in total. The highest BCUT2D eigenvalue weighted by atomic mass is 35.5. The number of carbonyl (C=O) groups excluding carboxylic acids is 1. The second kappa shape index (κ2) is 9.97. The predicted molar refractivity (Wildman–Crippen MR) is 92.6 cm³/mol. The van der Waals surface area contributed by atoms with Gasteiger partial charge in [-0.15, -0.1) is 12.4 Å². The van der Waals surface area contributed by atoms with Crippen LogP contribution in [0.15, 0.2) is 29.8 Å². The Morgan fingerprint density at radius 2 is 1.88 bits per heavy atom. The number of rotatable bonds is 5. The van der Waals surface area contributed by atoms with E-state index < -0.39 is 6.61 Å². The van der Waals surface area contributed by atoms with Gasteiger partial charge in [-0.2, -0.15) is 14.0 Å². The van der Waals surface area contributed by atoms with E-state index in [0.29, 0.717) is 18.7 Å². The van der Waals surface area contributed by atoms with Gasteiger partial charge in [0.15, 0.2) is 0 Å². The first-order valence-electron chi connectivity index (χ1n) is 7.71. The molecule has 1 heterocycles. The minimum absolute atomic E-state index is 0. The van der Waals surface area contributed by atoms with Crippen molar-refractivity contribution < 1.29 is 18.3 Å². The first kappa shape index (κ1) is 20.9. The number of carbonyl (C=O) groups is 1. The van der Waals surface area contributed by atoms with Gasteiger partial charge in [-0.05, 0) is 30.3 Å². The standard InChI is InChI=1S/C17H19F2N3O2.ClH/c1-2-21-7-9-22(10-8-21)16(23)14(12-20)11-13-3-5-15(6-4-13)24-17(18)19;/h3-6,11,17H,2,7-10H2,1H3;1H/b14-11+;. The van der Waals surface area contributed by atoms with Gasteiger partial charge in [0.05, 0.1) is 0 Å². The van der Waals surface area contributed by atoms with Crippen LogP contribution in [-0.4, -0.2) is 55.0 Å². The van der Waals surface area contributed by atoms with Gasteiger partial charge in [-0.25, -0.2) is 0 Å². The average Bonchev–Trinajstić information content (AvgIpc) is 2.60. The molecule has 25 heavy (non-hydrogen) atoms. The van der Waals surface area contributed by atoms with Crippen LogP contribution in [0.5, 0.6) is 5.75 Å². The van der Waals surface area contributed by atoms with Crippen molar-refractivity contribution in [2.75, 3.05) is 32.7 Å². The molecule has 1 aromatic rings. The Kier molecular flexibility index (Phi) is 8.32. The first-order chi connectivity index (χ1) is 11.5. The fourth-order valence-electron chi connectivity index (χ4n) is 2.49. The van der Waals surface area contributed by atoms with Crippen molar-refractivity contribution in [3.8, 4) is 11.8 Å². The summed E-state index contributed by atoms with van der Waals surface area (Å²) in [5.74, 6) is -0.274. The second-order valence-electron chi connectivity index (χ2n) is 5.34. The molecule has 8 heteroatoms. The highest BCUT2D eigenvalue weighted by Gasteiger charge is 2.22. The normalized spacial score (nSPS) is 15.5. The molecule has 0 aliphatic carbocycles. The fraction of sp³-hybridized carbons (Fsp3) is 0.412. The monoisotopic (exact) mass is 371 g/mol. The van der Waals surface area contributed by atoms with Gasteiger partial charge in [0.25, 0.3) is 5.91 Å². The zero-order valence-corrected chi connectivity index (χ0v) is 14.6. The van der Waals surface area contributed by atoms with E-state index in [2.05, 4.69) is 16.6 Å². The van der Waals surface area contributed by atoms with Crippen molar-refractivity contribution in [1.29, 1.82) is 5.26 Å². The van der Waals surface area contributed by atoms with Crippen LogP contribution < -0.4 is 4.74 Å². The molecule has 2 rings (SSSR count). The quantitative estimate of drug-likeness (QED) is 0.590. The van der Waals surface area contributed by atoms with Gasteiger partial charge < -0.3 is 14.5 Å². The minimum atomic E-state index is -2.88. The van der Waals surface area contributed by atoms with Crippen molar-refractivity contribution >= 4 is 24.4 Å². The van der Waals surface area contributed by atoms with Crippen molar-refractivity contribution in [2.24, 2.45) is 0 Å². The van der Waals surface area contributed by atoms with Crippen LogP contribution in [0.3, 0.4) is 0 Å². The number of benzene rings is 1. The molecule has 1 aliphatic rings. The molecule has 0 atom stereocenters. The summed E-state index contributed by atoms with van der Waals surface area (Å²) in [5.41, 5.74) is 0.608. The Balaban J connectivity index is 0.00000312. The third-order valence-corrected chi connectivity index (χ3v) is 3.87. The molecule has 1 saturated heterocycles. The van der Waals surface area contributed by atoms with E-state index in [9.17, 15) is 18.8 Å². The molecule has 0 N–H and O–H groups in total. The van der Waals surface area contributed by atoms with Gasteiger partial charge >= 0.3 is 6.61 Å². The Morgan fingerprint density at radius 3 is 2.36 bits per heavy atom. The molecule has 0 unspecified atom stereocenters. The summed E-state index contributed by atoms with van der Waals surface area (Å²) in [4.78, 5) is 16.3. The highest BCUT2D eigenvalue weighted by Crippen LogP contribution is 2.17. The third-order valence-electron chi connectivity index (χ3n) is 3.87. The van der Waals surface area contributed by atoms with Crippen molar-refractivity contribution in [2.45, 2.75) is 13.5 Å². The molecule has 0 radical (unpaired) electrons. The number of halogens is 3. The average molecular weight is 372 g/mol. The van der Waals surface area contributed by atoms with Crippen molar-refractivity contribution in [3.63, 3.8) is 0 Å². The zero-order valence-electron chi connectivity index (χ0n) is 13.8. The van der Waals surface area contributed by atoms with Gasteiger partial charge in [0, 0.05) is 26.2 Å².